The van der Waals surface area contributed by atoms with E-state index in [9.17, 15) is 0 Å². The molecule has 0 saturated heterocycles. The van der Waals surface area contributed by atoms with Crippen molar-refractivity contribution in [3.63, 3.8) is 0 Å². The SMILES string of the molecule is CCOC(=N)C=Cc1ccco1.Cl. The van der Waals surface area contributed by atoms with Gasteiger partial charge in [-0.1, -0.05) is 0 Å². The van der Waals surface area contributed by atoms with Crippen molar-refractivity contribution >= 4 is 24.4 Å². The molecule has 1 heterocycles. The monoisotopic (exact) mass is 201 g/mol. The zero-order valence-corrected chi connectivity index (χ0v) is 8.14. The van der Waals surface area contributed by atoms with E-state index in [1.54, 1.807) is 24.5 Å². The highest BCUT2D eigenvalue weighted by molar-refractivity contribution is 5.88. The molecule has 0 aliphatic heterocycles. The van der Waals surface area contributed by atoms with Crippen LogP contribution in [0.2, 0.25) is 0 Å². The molecule has 72 valence electrons. The van der Waals surface area contributed by atoms with Crippen molar-refractivity contribution in [3.8, 4) is 0 Å². The second kappa shape index (κ2) is 6.31. The number of hydrogen-bond acceptors (Lipinski definition) is 3. The van der Waals surface area contributed by atoms with Crippen molar-refractivity contribution in [2.75, 3.05) is 6.61 Å². The van der Waals surface area contributed by atoms with Gasteiger partial charge in [0.1, 0.15) is 5.76 Å². The van der Waals surface area contributed by atoms with Crippen molar-refractivity contribution in [2.24, 2.45) is 0 Å². The Bertz CT molecular complexity index is 267. The molecular formula is C9H12ClNO2. The molecule has 4 heteroatoms. The molecule has 0 atom stereocenters. The van der Waals surface area contributed by atoms with Crippen LogP contribution in [0, 0.1) is 5.41 Å². The summed E-state index contributed by atoms with van der Waals surface area (Å²) in [5.41, 5.74) is 0. The van der Waals surface area contributed by atoms with E-state index in [-0.39, 0.29) is 18.3 Å². The van der Waals surface area contributed by atoms with Gasteiger partial charge in [0.2, 0.25) is 5.90 Å². The largest absolute Gasteiger partial charge is 0.478 e. The summed E-state index contributed by atoms with van der Waals surface area (Å²) in [6.45, 7) is 2.36. The lowest BCUT2D eigenvalue weighted by atomic mass is 10.4. The molecule has 3 nitrogen and oxygen atoms in total. The fourth-order valence-electron chi connectivity index (χ4n) is 0.748. The van der Waals surface area contributed by atoms with E-state index in [4.69, 9.17) is 14.6 Å². The third-order valence-corrected chi connectivity index (χ3v) is 1.24. The first kappa shape index (κ1) is 11.8. The predicted molar refractivity (Wildman–Crippen MR) is 54.3 cm³/mol. The fourth-order valence-corrected chi connectivity index (χ4v) is 0.748. The average molecular weight is 202 g/mol. The van der Waals surface area contributed by atoms with Gasteiger partial charge >= 0.3 is 0 Å². The Balaban J connectivity index is 0.00000144. The number of furan rings is 1. The van der Waals surface area contributed by atoms with Gasteiger partial charge in [-0.05, 0) is 25.1 Å². The molecule has 0 fully saturated rings. The van der Waals surface area contributed by atoms with E-state index in [0.717, 1.165) is 5.76 Å². The summed E-state index contributed by atoms with van der Waals surface area (Å²) in [5.74, 6) is 0.869. The Labute approximate surface area is 83.3 Å². The van der Waals surface area contributed by atoms with Gasteiger partial charge in [-0.2, -0.15) is 0 Å². The normalized spacial score (nSPS) is 9.62. The van der Waals surface area contributed by atoms with Gasteiger partial charge in [0, 0.05) is 6.08 Å². The van der Waals surface area contributed by atoms with Crippen LogP contribution in [0.25, 0.3) is 6.08 Å². The number of halogens is 1. The molecule has 0 radical (unpaired) electrons. The van der Waals surface area contributed by atoms with E-state index in [1.165, 1.54) is 0 Å². The number of rotatable bonds is 3. The summed E-state index contributed by atoms with van der Waals surface area (Å²) in [6.07, 6.45) is 4.84. The first-order valence-electron chi connectivity index (χ1n) is 3.76. The summed E-state index contributed by atoms with van der Waals surface area (Å²) < 4.78 is 9.92. The molecule has 0 unspecified atom stereocenters. The standard InChI is InChI=1S/C9H11NO2.ClH/c1-2-11-9(10)6-5-8-4-3-7-12-8;/h3-7,10H,2H2,1H3;1H. The lowest BCUT2D eigenvalue weighted by molar-refractivity contribution is 0.327. The molecule has 1 aromatic heterocycles. The predicted octanol–water partition coefficient (Wildman–Crippen LogP) is 2.73. The molecule has 1 aromatic rings. The molecule has 0 aliphatic rings. The van der Waals surface area contributed by atoms with Crippen molar-refractivity contribution in [2.45, 2.75) is 6.92 Å². The zero-order chi connectivity index (χ0) is 8.81. The Morgan fingerprint density at radius 2 is 2.46 bits per heavy atom. The van der Waals surface area contributed by atoms with E-state index >= 15 is 0 Å². The van der Waals surface area contributed by atoms with Crippen LogP contribution in [0.3, 0.4) is 0 Å². The summed E-state index contributed by atoms with van der Waals surface area (Å²) in [4.78, 5) is 0. The molecule has 0 amide bonds. The highest BCUT2D eigenvalue weighted by Gasteiger charge is 1.90. The summed E-state index contributed by atoms with van der Waals surface area (Å²) in [6, 6.07) is 3.61. The quantitative estimate of drug-likeness (QED) is 0.604. The van der Waals surface area contributed by atoms with Crippen LogP contribution in [-0.4, -0.2) is 12.5 Å². The van der Waals surface area contributed by atoms with E-state index in [2.05, 4.69) is 0 Å². The van der Waals surface area contributed by atoms with Crippen LogP contribution in [0.5, 0.6) is 0 Å². The molecule has 0 aromatic carbocycles. The topological polar surface area (TPSA) is 46.2 Å². The first-order valence-corrected chi connectivity index (χ1v) is 3.76. The Morgan fingerprint density at radius 1 is 1.69 bits per heavy atom. The maximum absolute atomic E-state index is 7.24. The van der Waals surface area contributed by atoms with Gasteiger partial charge in [0.05, 0.1) is 12.9 Å². The van der Waals surface area contributed by atoms with Crippen LogP contribution >= 0.6 is 12.4 Å². The second-order valence-corrected chi connectivity index (χ2v) is 2.15. The van der Waals surface area contributed by atoms with Gasteiger partial charge < -0.3 is 9.15 Å². The van der Waals surface area contributed by atoms with Crippen LogP contribution < -0.4 is 0 Å². The molecule has 13 heavy (non-hydrogen) atoms. The third-order valence-electron chi connectivity index (χ3n) is 1.24. The van der Waals surface area contributed by atoms with Gasteiger partial charge in [-0.15, -0.1) is 12.4 Å². The van der Waals surface area contributed by atoms with E-state index in [0.29, 0.717) is 6.61 Å². The van der Waals surface area contributed by atoms with E-state index in [1.807, 2.05) is 13.0 Å². The Kier molecular flexibility index (Phi) is 5.72. The van der Waals surface area contributed by atoms with Crippen LogP contribution in [0.1, 0.15) is 12.7 Å². The van der Waals surface area contributed by atoms with E-state index < -0.39 is 0 Å². The highest BCUT2D eigenvalue weighted by atomic mass is 35.5. The lowest BCUT2D eigenvalue weighted by Gasteiger charge is -1.96. The summed E-state index contributed by atoms with van der Waals surface area (Å²) >= 11 is 0. The van der Waals surface area contributed by atoms with Crippen molar-refractivity contribution in [1.29, 1.82) is 5.41 Å². The molecule has 0 aliphatic carbocycles. The average Bonchev–Trinajstić information content (AvgIpc) is 2.53. The number of ether oxygens (including phenoxy) is 1. The minimum absolute atomic E-state index is 0. The molecule has 0 saturated carbocycles. The van der Waals surface area contributed by atoms with Gasteiger partial charge in [-0.3, -0.25) is 5.41 Å². The molecule has 1 N–H and O–H groups in total. The van der Waals surface area contributed by atoms with Crippen molar-refractivity contribution < 1.29 is 9.15 Å². The minimum atomic E-state index is 0. The summed E-state index contributed by atoms with van der Waals surface area (Å²) in [5, 5.41) is 7.24. The Morgan fingerprint density at radius 3 is 3.00 bits per heavy atom. The third kappa shape index (κ3) is 4.38. The fraction of sp³-hybridized carbons (Fsp3) is 0.222. The molecule has 0 bridgehead atoms. The van der Waals surface area contributed by atoms with Crippen molar-refractivity contribution in [1.82, 2.24) is 0 Å². The summed E-state index contributed by atoms with van der Waals surface area (Å²) in [7, 11) is 0. The second-order valence-electron chi connectivity index (χ2n) is 2.15. The Hall–Kier alpha value is -1.22. The lowest BCUT2D eigenvalue weighted by Crippen LogP contribution is -1.97. The van der Waals surface area contributed by atoms with Gasteiger partial charge in [0.15, 0.2) is 0 Å². The molecular weight excluding hydrogens is 190 g/mol. The van der Waals surface area contributed by atoms with Gasteiger partial charge in [0.25, 0.3) is 0 Å². The maximum Gasteiger partial charge on any atom is 0.205 e. The van der Waals surface area contributed by atoms with Crippen LogP contribution in [-0.2, 0) is 4.74 Å². The first-order chi connectivity index (χ1) is 5.83. The van der Waals surface area contributed by atoms with Crippen LogP contribution in [0.15, 0.2) is 28.9 Å². The minimum Gasteiger partial charge on any atom is -0.478 e. The molecule has 1 rings (SSSR count). The smallest absolute Gasteiger partial charge is 0.205 e. The number of hydrogen-bond donors (Lipinski definition) is 1. The molecule has 0 spiro atoms. The maximum atomic E-state index is 7.24. The van der Waals surface area contributed by atoms with Gasteiger partial charge in [-0.25, -0.2) is 0 Å². The zero-order valence-electron chi connectivity index (χ0n) is 7.32. The van der Waals surface area contributed by atoms with Crippen LogP contribution in [0.4, 0.5) is 0 Å². The highest BCUT2D eigenvalue weighted by Crippen LogP contribution is 2.02. The van der Waals surface area contributed by atoms with Crippen molar-refractivity contribution in [3.05, 3.63) is 30.2 Å². The number of nitrogens with one attached hydrogen (secondary N) is 1.